The Morgan fingerprint density at radius 3 is 2.62 bits per heavy atom. The van der Waals surface area contributed by atoms with Crippen molar-refractivity contribution in [3.63, 3.8) is 0 Å². The van der Waals surface area contributed by atoms with Crippen LogP contribution in [0.4, 0.5) is 4.39 Å². The molecular formula is C18H19FN2. The Kier molecular flexibility index (Phi) is 3.05. The normalized spacial score (nSPS) is 27.6. The minimum atomic E-state index is -0.201. The van der Waals surface area contributed by atoms with E-state index in [1.165, 1.54) is 29.7 Å². The van der Waals surface area contributed by atoms with Gasteiger partial charge in [-0.1, -0.05) is 36.4 Å². The SMILES string of the molecule is NNC(c1ccc(F)cc1)C1C2CCc3ccccc3C21. The molecule has 0 radical (unpaired) electrons. The maximum absolute atomic E-state index is 13.1. The summed E-state index contributed by atoms with van der Waals surface area (Å²) in [5.41, 5.74) is 7.01. The molecule has 0 amide bonds. The summed E-state index contributed by atoms with van der Waals surface area (Å²) in [4.78, 5) is 0. The minimum Gasteiger partial charge on any atom is -0.271 e. The first-order valence-electron chi connectivity index (χ1n) is 7.59. The van der Waals surface area contributed by atoms with Gasteiger partial charge in [0.15, 0.2) is 0 Å². The second kappa shape index (κ2) is 4.93. The van der Waals surface area contributed by atoms with Gasteiger partial charge in [-0.15, -0.1) is 0 Å². The van der Waals surface area contributed by atoms with Crippen molar-refractivity contribution >= 4 is 0 Å². The van der Waals surface area contributed by atoms with Gasteiger partial charge in [0.1, 0.15) is 5.82 Å². The molecule has 4 rings (SSSR count). The maximum Gasteiger partial charge on any atom is 0.123 e. The number of nitrogens with one attached hydrogen (secondary N) is 1. The molecule has 4 atom stereocenters. The van der Waals surface area contributed by atoms with Gasteiger partial charge in [-0.25, -0.2) is 4.39 Å². The van der Waals surface area contributed by atoms with E-state index in [1.807, 2.05) is 12.1 Å². The molecular weight excluding hydrogens is 263 g/mol. The molecule has 0 saturated heterocycles. The zero-order valence-electron chi connectivity index (χ0n) is 11.8. The molecule has 21 heavy (non-hydrogen) atoms. The molecule has 2 aliphatic carbocycles. The van der Waals surface area contributed by atoms with Crippen molar-refractivity contribution in [2.75, 3.05) is 0 Å². The number of aryl methyl sites for hydroxylation is 1. The number of hydrogen-bond acceptors (Lipinski definition) is 2. The Balaban J connectivity index is 1.64. The highest BCUT2D eigenvalue weighted by Gasteiger charge is 2.56. The standard InChI is InChI=1S/C18H19FN2/c19-13-8-5-12(6-9-13)18(21-20)17-15-10-7-11-3-1-2-4-14(11)16(15)17/h1-6,8-9,15-18,21H,7,10,20H2. The molecule has 1 fully saturated rings. The molecule has 2 aromatic rings. The molecule has 108 valence electrons. The molecule has 2 nitrogen and oxygen atoms in total. The van der Waals surface area contributed by atoms with E-state index < -0.39 is 0 Å². The summed E-state index contributed by atoms with van der Waals surface area (Å²) in [6, 6.07) is 15.6. The van der Waals surface area contributed by atoms with E-state index in [-0.39, 0.29) is 11.9 Å². The predicted octanol–water partition coefficient (Wildman–Crippen LogP) is 3.31. The van der Waals surface area contributed by atoms with Crippen molar-refractivity contribution < 1.29 is 4.39 Å². The van der Waals surface area contributed by atoms with E-state index in [2.05, 4.69) is 29.7 Å². The highest BCUT2D eigenvalue weighted by Crippen LogP contribution is 2.64. The first kappa shape index (κ1) is 13.0. The van der Waals surface area contributed by atoms with Gasteiger partial charge in [-0.05, 0) is 59.4 Å². The zero-order valence-corrected chi connectivity index (χ0v) is 11.8. The van der Waals surface area contributed by atoms with Crippen molar-refractivity contribution in [3.05, 3.63) is 71.0 Å². The van der Waals surface area contributed by atoms with E-state index in [4.69, 9.17) is 5.84 Å². The van der Waals surface area contributed by atoms with Gasteiger partial charge in [0, 0.05) is 6.04 Å². The first-order valence-corrected chi connectivity index (χ1v) is 7.59. The Hall–Kier alpha value is -1.71. The topological polar surface area (TPSA) is 38.0 Å². The van der Waals surface area contributed by atoms with Crippen molar-refractivity contribution in [1.82, 2.24) is 5.43 Å². The summed E-state index contributed by atoms with van der Waals surface area (Å²) in [6.07, 6.45) is 2.39. The van der Waals surface area contributed by atoms with Gasteiger partial charge >= 0.3 is 0 Å². The van der Waals surface area contributed by atoms with Gasteiger partial charge in [-0.3, -0.25) is 11.3 Å². The second-order valence-electron chi connectivity index (χ2n) is 6.20. The number of halogens is 1. The lowest BCUT2D eigenvalue weighted by molar-refractivity contribution is 0.459. The summed E-state index contributed by atoms with van der Waals surface area (Å²) in [5, 5.41) is 0. The van der Waals surface area contributed by atoms with Crippen molar-refractivity contribution in [3.8, 4) is 0 Å². The number of benzene rings is 2. The third-order valence-corrected chi connectivity index (χ3v) is 5.18. The lowest BCUT2D eigenvalue weighted by Gasteiger charge is -2.17. The molecule has 4 unspecified atom stereocenters. The van der Waals surface area contributed by atoms with Crippen LogP contribution in [0.1, 0.15) is 35.1 Å². The molecule has 0 aliphatic heterocycles. The molecule has 0 bridgehead atoms. The van der Waals surface area contributed by atoms with Gasteiger partial charge in [-0.2, -0.15) is 0 Å². The molecule has 2 aliphatic rings. The number of fused-ring (bicyclic) bond motifs is 3. The highest BCUT2D eigenvalue weighted by atomic mass is 19.1. The molecule has 0 aromatic heterocycles. The minimum absolute atomic E-state index is 0.103. The molecule has 0 spiro atoms. The smallest absolute Gasteiger partial charge is 0.123 e. The van der Waals surface area contributed by atoms with Crippen LogP contribution in [-0.2, 0) is 6.42 Å². The number of nitrogens with two attached hydrogens (primary N) is 1. The van der Waals surface area contributed by atoms with Crippen LogP contribution in [0.3, 0.4) is 0 Å². The van der Waals surface area contributed by atoms with E-state index in [9.17, 15) is 4.39 Å². The largest absolute Gasteiger partial charge is 0.271 e. The summed E-state index contributed by atoms with van der Waals surface area (Å²) in [7, 11) is 0. The fraction of sp³-hybridized carbons (Fsp3) is 0.333. The van der Waals surface area contributed by atoms with Crippen LogP contribution in [0.25, 0.3) is 0 Å². The molecule has 3 heteroatoms. The van der Waals surface area contributed by atoms with E-state index in [1.54, 1.807) is 0 Å². The maximum atomic E-state index is 13.1. The van der Waals surface area contributed by atoms with E-state index in [0.717, 1.165) is 12.0 Å². The van der Waals surface area contributed by atoms with Gasteiger partial charge < -0.3 is 0 Å². The fourth-order valence-electron chi connectivity index (χ4n) is 4.17. The van der Waals surface area contributed by atoms with Crippen LogP contribution in [0, 0.1) is 17.7 Å². The van der Waals surface area contributed by atoms with Crippen LogP contribution in [0.5, 0.6) is 0 Å². The van der Waals surface area contributed by atoms with Crippen LogP contribution in [0.15, 0.2) is 48.5 Å². The van der Waals surface area contributed by atoms with Gasteiger partial charge in [0.25, 0.3) is 0 Å². The van der Waals surface area contributed by atoms with Crippen molar-refractivity contribution in [2.45, 2.75) is 24.8 Å². The number of hydrogen-bond donors (Lipinski definition) is 2. The lowest BCUT2D eigenvalue weighted by Crippen LogP contribution is -2.30. The fourth-order valence-corrected chi connectivity index (χ4v) is 4.17. The second-order valence-corrected chi connectivity index (χ2v) is 6.20. The predicted molar refractivity (Wildman–Crippen MR) is 80.9 cm³/mol. The summed E-state index contributed by atoms with van der Waals surface area (Å²) in [5.74, 6) is 7.43. The molecule has 1 saturated carbocycles. The molecule has 2 aromatic carbocycles. The Morgan fingerprint density at radius 1 is 1.10 bits per heavy atom. The summed E-state index contributed by atoms with van der Waals surface area (Å²) >= 11 is 0. The Bertz CT molecular complexity index is 653. The summed E-state index contributed by atoms with van der Waals surface area (Å²) < 4.78 is 13.1. The van der Waals surface area contributed by atoms with Crippen molar-refractivity contribution in [1.29, 1.82) is 0 Å². The summed E-state index contributed by atoms with van der Waals surface area (Å²) in [6.45, 7) is 0. The van der Waals surface area contributed by atoms with E-state index >= 15 is 0 Å². The zero-order chi connectivity index (χ0) is 14.4. The molecule has 3 N–H and O–H groups in total. The number of rotatable bonds is 3. The van der Waals surface area contributed by atoms with Crippen molar-refractivity contribution in [2.24, 2.45) is 17.7 Å². The van der Waals surface area contributed by atoms with Gasteiger partial charge in [0.2, 0.25) is 0 Å². The van der Waals surface area contributed by atoms with E-state index in [0.29, 0.717) is 17.8 Å². The van der Waals surface area contributed by atoms with Crippen LogP contribution >= 0.6 is 0 Å². The van der Waals surface area contributed by atoms with Crippen LogP contribution in [0.2, 0.25) is 0 Å². The van der Waals surface area contributed by atoms with Crippen LogP contribution in [-0.4, -0.2) is 0 Å². The molecule has 0 heterocycles. The highest BCUT2D eigenvalue weighted by molar-refractivity contribution is 5.41. The Morgan fingerprint density at radius 2 is 1.86 bits per heavy atom. The monoisotopic (exact) mass is 282 g/mol. The quantitative estimate of drug-likeness (QED) is 0.669. The number of hydrazine groups is 1. The van der Waals surface area contributed by atoms with Crippen LogP contribution < -0.4 is 11.3 Å². The average molecular weight is 282 g/mol. The third kappa shape index (κ3) is 2.08. The lowest BCUT2D eigenvalue weighted by atomic mass is 9.92. The Labute approximate surface area is 124 Å². The van der Waals surface area contributed by atoms with Gasteiger partial charge in [0.05, 0.1) is 0 Å². The average Bonchev–Trinajstić information content (AvgIpc) is 3.25. The third-order valence-electron chi connectivity index (χ3n) is 5.18. The first-order chi connectivity index (χ1) is 10.3.